The standard InChI is InChI=1S/C26H34F2N6O2/c1-16(2)33-9-11-34(12-10-33)22-14-21-23(30-18(4)31-24(21)32-25(22)36-5)29-17(3)19-7-6-8-20(13-19)26(27,28)15-35/h6-8,13-14,16-17,35H,9-12,15H2,1-5H3,(H,29,30,31,32)/t17-/m1/s1. The summed E-state index contributed by atoms with van der Waals surface area (Å²) in [7, 11) is 1.60. The van der Waals surface area contributed by atoms with E-state index in [2.05, 4.69) is 43.9 Å². The maximum absolute atomic E-state index is 14.1. The van der Waals surface area contributed by atoms with Gasteiger partial charge >= 0.3 is 0 Å². The zero-order chi connectivity index (χ0) is 26.0. The van der Waals surface area contributed by atoms with Gasteiger partial charge in [0.25, 0.3) is 5.92 Å². The second kappa shape index (κ2) is 10.5. The van der Waals surface area contributed by atoms with Gasteiger partial charge in [0.05, 0.1) is 12.5 Å². The third-order valence-corrected chi connectivity index (χ3v) is 6.68. The Morgan fingerprint density at radius 3 is 2.44 bits per heavy atom. The summed E-state index contributed by atoms with van der Waals surface area (Å²) < 4.78 is 33.7. The summed E-state index contributed by atoms with van der Waals surface area (Å²) in [6.45, 7) is 10.4. The van der Waals surface area contributed by atoms with Crippen LogP contribution in [0.25, 0.3) is 11.0 Å². The molecule has 0 amide bonds. The van der Waals surface area contributed by atoms with Gasteiger partial charge in [0, 0.05) is 43.8 Å². The monoisotopic (exact) mass is 500 g/mol. The van der Waals surface area contributed by atoms with Crippen LogP contribution in [0, 0.1) is 6.92 Å². The number of anilines is 2. The molecule has 0 spiro atoms. The summed E-state index contributed by atoms with van der Waals surface area (Å²) in [6, 6.07) is 8.22. The number of hydrogen-bond donors (Lipinski definition) is 2. The molecular weight excluding hydrogens is 466 g/mol. The number of nitrogens with one attached hydrogen (secondary N) is 1. The largest absolute Gasteiger partial charge is 0.479 e. The van der Waals surface area contributed by atoms with Crippen LogP contribution in [0.5, 0.6) is 5.88 Å². The Hall–Kier alpha value is -3.11. The SMILES string of the molecule is COc1nc2nc(C)nc(N[C@H](C)c3cccc(C(F)(F)CO)c3)c2cc1N1CCN(C(C)C)CC1. The number of aromatic nitrogens is 3. The fourth-order valence-electron chi connectivity index (χ4n) is 4.52. The van der Waals surface area contributed by atoms with Gasteiger partial charge in [-0.2, -0.15) is 13.8 Å². The van der Waals surface area contributed by atoms with Gasteiger partial charge in [-0.1, -0.05) is 18.2 Å². The third-order valence-electron chi connectivity index (χ3n) is 6.68. The summed E-state index contributed by atoms with van der Waals surface area (Å²) in [6.07, 6.45) is 0. The number of ether oxygens (including phenoxy) is 1. The van der Waals surface area contributed by atoms with Crippen LogP contribution in [0.1, 0.15) is 43.8 Å². The van der Waals surface area contributed by atoms with Crippen LogP contribution in [0.15, 0.2) is 30.3 Å². The van der Waals surface area contributed by atoms with Crippen molar-refractivity contribution in [2.45, 2.75) is 45.7 Å². The number of piperazine rings is 1. The van der Waals surface area contributed by atoms with Crippen LogP contribution in [-0.4, -0.2) is 70.9 Å². The summed E-state index contributed by atoms with van der Waals surface area (Å²) >= 11 is 0. The van der Waals surface area contributed by atoms with E-state index in [1.807, 2.05) is 13.0 Å². The highest BCUT2D eigenvalue weighted by atomic mass is 19.3. The Labute approximate surface area is 210 Å². The van der Waals surface area contributed by atoms with E-state index in [0.29, 0.717) is 34.8 Å². The second-order valence-corrected chi connectivity index (χ2v) is 9.48. The van der Waals surface area contributed by atoms with E-state index in [1.54, 1.807) is 26.2 Å². The molecular formula is C26H34F2N6O2. The van der Waals surface area contributed by atoms with E-state index in [4.69, 9.17) is 9.84 Å². The number of fused-ring (bicyclic) bond motifs is 1. The number of nitrogens with zero attached hydrogens (tertiary/aromatic N) is 5. The van der Waals surface area contributed by atoms with Gasteiger partial charge in [0.1, 0.15) is 23.9 Å². The van der Waals surface area contributed by atoms with E-state index in [-0.39, 0.29) is 11.6 Å². The van der Waals surface area contributed by atoms with Crippen LogP contribution in [0.3, 0.4) is 0 Å². The van der Waals surface area contributed by atoms with Crippen LogP contribution >= 0.6 is 0 Å². The molecule has 1 aliphatic heterocycles. The molecule has 0 radical (unpaired) electrons. The zero-order valence-electron chi connectivity index (χ0n) is 21.4. The highest BCUT2D eigenvalue weighted by Gasteiger charge is 2.31. The van der Waals surface area contributed by atoms with Gasteiger partial charge in [-0.3, -0.25) is 4.90 Å². The smallest absolute Gasteiger partial charge is 0.295 e. The minimum Gasteiger partial charge on any atom is -0.479 e. The molecule has 0 saturated carbocycles. The lowest BCUT2D eigenvalue weighted by atomic mass is 10.0. The number of benzene rings is 1. The normalized spacial score (nSPS) is 16.0. The summed E-state index contributed by atoms with van der Waals surface area (Å²) in [5, 5.41) is 13.2. The molecule has 2 aromatic heterocycles. The number of halogens is 2. The number of rotatable bonds is 8. The number of pyridine rings is 1. The van der Waals surface area contributed by atoms with E-state index in [0.717, 1.165) is 37.3 Å². The highest BCUT2D eigenvalue weighted by molar-refractivity contribution is 5.90. The molecule has 1 saturated heterocycles. The second-order valence-electron chi connectivity index (χ2n) is 9.48. The summed E-state index contributed by atoms with van der Waals surface area (Å²) in [4.78, 5) is 18.5. The van der Waals surface area contributed by atoms with Crippen LogP contribution in [0.2, 0.25) is 0 Å². The molecule has 1 aliphatic rings. The van der Waals surface area contributed by atoms with Crippen molar-refractivity contribution >= 4 is 22.5 Å². The van der Waals surface area contributed by atoms with Crippen molar-refractivity contribution in [2.24, 2.45) is 0 Å². The molecule has 2 N–H and O–H groups in total. The molecule has 1 aromatic carbocycles. The van der Waals surface area contributed by atoms with Gasteiger partial charge in [0.15, 0.2) is 5.65 Å². The van der Waals surface area contributed by atoms with Crippen LogP contribution < -0.4 is 15.0 Å². The predicted molar refractivity (Wildman–Crippen MR) is 137 cm³/mol. The first-order valence-corrected chi connectivity index (χ1v) is 12.2. The van der Waals surface area contributed by atoms with Crippen LogP contribution in [-0.2, 0) is 5.92 Å². The Balaban J connectivity index is 1.68. The minimum atomic E-state index is -3.30. The van der Waals surface area contributed by atoms with Crippen molar-refractivity contribution in [1.29, 1.82) is 0 Å². The van der Waals surface area contributed by atoms with Gasteiger partial charge in [-0.15, -0.1) is 0 Å². The Morgan fingerprint density at radius 2 is 1.81 bits per heavy atom. The Bertz CT molecular complexity index is 1210. The molecule has 4 rings (SSSR count). The van der Waals surface area contributed by atoms with Crippen molar-refractivity contribution in [1.82, 2.24) is 19.9 Å². The van der Waals surface area contributed by atoms with Crippen LogP contribution in [0.4, 0.5) is 20.3 Å². The number of aryl methyl sites for hydroxylation is 1. The average molecular weight is 501 g/mol. The Kier molecular flexibility index (Phi) is 7.56. The molecule has 0 aliphatic carbocycles. The molecule has 0 unspecified atom stereocenters. The zero-order valence-corrected chi connectivity index (χ0v) is 21.4. The van der Waals surface area contributed by atoms with Crippen molar-refractivity contribution in [2.75, 3.05) is 50.1 Å². The van der Waals surface area contributed by atoms with E-state index < -0.39 is 12.5 Å². The number of aliphatic hydroxyl groups is 1. The van der Waals surface area contributed by atoms with Gasteiger partial charge < -0.3 is 20.1 Å². The maximum Gasteiger partial charge on any atom is 0.295 e. The first kappa shape index (κ1) is 26.0. The van der Waals surface area contributed by atoms with Crippen molar-refractivity contribution in [3.8, 4) is 5.88 Å². The summed E-state index contributed by atoms with van der Waals surface area (Å²) in [5.41, 5.74) is 1.80. The maximum atomic E-state index is 14.1. The number of aliphatic hydroxyl groups excluding tert-OH is 1. The molecule has 3 heterocycles. The van der Waals surface area contributed by atoms with Gasteiger partial charge in [-0.05, 0) is 45.4 Å². The average Bonchev–Trinajstić information content (AvgIpc) is 2.88. The van der Waals surface area contributed by atoms with Crippen molar-refractivity contribution in [3.05, 3.63) is 47.3 Å². The van der Waals surface area contributed by atoms with Crippen molar-refractivity contribution < 1.29 is 18.6 Å². The topological polar surface area (TPSA) is 86.6 Å². The molecule has 194 valence electrons. The predicted octanol–water partition coefficient (Wildman–Crippen LogP) is 4.13. The molecule has 1 atom stereocenters. The molecule has 3 aromatic rings. The Morgan fingerprint density at radius 1 is 1.08 bits per heavy atom. The molecule has 8 nitrogen and oxygen atoms in total. The minimum absolute atomic E-state index is 0.228. The molecule has 0 bridgehead atoms. The van der Waals surface area contributed by atoms with Gasteiger partial charge in [-0.25, -0.2) is 9.97 Å². The fraction of sp³-hybridized carbons (Fsp3) is 0.500. The molecule has 36 heavy (non-hydrogen) atoms. The molecule has 1 fully saturated rings. The van der Waals surface area contributed by atoms with Gasteiger partial charge in [0.2, 0.25) is 5.88 Å². The van der Waals surface area contributed by atoms with E-state index in [9.17, 15) is 8.78 Å². The lowest BCUT2D eigenvalue weighted by Crippen LogP contribution is -2.49. The number of methoxy groups -OCH3 is 1. The molecule has 10 heteroatoms. The highest BCUT2D eigenvalue weighted by Crippen LogP contribution is 2.35. The first-order valence-electron chi connectivity index (χ1n) is 12.2. The lowest BCUT2D eigenvalue weighted by molar-refractivity contribution is -0.0556. The van der Waals surface area contributed by atoms with Crippen molar-refractivity contribution in [3.63, 3.8) is 0 Å². The van der Waals surface area contributed by atoms with E-state index in [1.165, 1.54) is 12.1 Å². The van der Waals surface area contributed by atoms with E-state index >= 15 is 0 Å². The quantitative estimate of drug-likeness (QED) is 0.478. The third kappa shape index (κ3) is 5.34. The lowest BCUT2D eigenvalue weighted by Gasteiger charge is -2.38. The fourth-order valence-corrected chi connectivity index (χ4v) is 4.52. The summed E-state index contributed by atoms with van der Waals surface area (Å²) in [5.74, 6) is -1.69. The number of alkyl halides is 2. The first-order chi connectivity index (χ1) is 17.1. The number of hydrogen-bond acceptors (Lipinski definition) is 8.